The number of hydrogen-bond acceptors (Lipinski definition) is 7. The van der Waals surface area contributed by atoms with Crippen molar-refractivity contribution >= 4 is 28.8 Å². The third-order valence-electron chi connectivity index (χ3n) is 6.67. The maximum absolute atomic E-state index is 13.5. The fourth-order valence-electron chi connectivity index (χ4n) is 4.84. The molecule has 0 saturated carbocycles. The lowest BCUT2D eigenvalue weighted by atomic mass is 9.94. The van der Waals surface area contributed by atoms with Gasteiger partial charge in [0.2, 0.25) is 0 Å². The standard InChI is InChI=1S/C30H30N2O6/c1-18(2)38-23-7-5-6-19(16-23)27-26(28(33)20-8-13-25-24(17-20)31(3)14-15-37-25)29(34)30(35)32(27)21-9-11-22(36-4)12-10-21/h5-13,16-18,27,33H,14-15H2,1-4H3/b28-26-. The molecule has 0 spiro atoms. The van der Waals surface area contributed by atoms with Crippen molar-refractivity contribution in [3.05, 3.63) is 83.4 Å². The molecule has 1 atom stereocenters. The Hall–Kier alpha value is -4.46. The summed E-state index contributed by atoms with van der Waals surface area (Å²) in [6.07, 6.45) is -0.0621. The van der Waals surface area contributed by atoms with E-state index in [2.05, 4.69) is 0 Å². The van der Waals surface area contributed by atoms with E-state index in [1.165, 1.54) is 4.90 Å². The van der Waals surface area contributed by atoms with E-state index in [-0.39, 0.29) is 17.4 Å². The second kappa shape index (κ2) is 10.1. The summed E-state index contributed by atoms with van der Waals surface area (Å²) in [5.41, 5.74) is 2.37. The van der Waals surface area contributed by atoms with Crippen LogP contribution in [-0.2, 0) is 9.59 Å². The molecular formula is C30H30N2O6. The zero-order valence-corrected chi connectivity index (χ0v) is 21.8. The fourth-order valence-corrected chi connectivity index (χ4v) is 4.84. The van der Waals surface area contributed by atoms with Crippen molar-refractivity contribution in [2.24, 2.45) is 0 Å². The molecular weight excluding hydrogens is 484 g/mol. The molecule has 38 heavy (non-hydrogen) atoms. The predicted molar refractivity (Wildman–Crippen MR) is 145 cm³/mol. The average molecular weight is 515 g/mol. The van der Waals surface area contributed by atoms with Crippen LogP contribution in [0.1, 0.15) is 31.0 Å². The molecule has 1 amide bonds. The Kier molecular flexibility index (Phi) is 6.72. The largest absolute Gasteiger partial charge is 0.507 e. The minimum atomic E-state index is -0.871. The molecule has 0 bridgehead atoms. The van der Waals surface area contributed by atoms with Crippen molar-refractivity contribution in [1.29, 1.82) is 0 Å². The zero-order chi connectivity index (χ0) is 27.0. The second-order valence-electron chi connectivity index (χ2n) is 9.56. The Morgan fingerprint density at radius 3 is 2.50 bits per heavy atom. The summed E-state index contributed by atoms with van der Waals surface area (Å²) < 4.78 is 16.9. The Bertz CT molecular complexity index is 1410. The van der Waals surface area contributed by atoms with Crippen molar-refractivity contribution in [3.8, 4) is 17.2 Å². The Labute approximate surface area is 221 Å². The molecule has 196 valence electrons. The van der Waals surface area contributed by atoms with Crippen LogP contribution in [0.25, 0.3) is 5.76 Å². The van der Waals surface area contributed by atoms with Crippen molar-refractivity contribution < 1.29 is 28.9 Å². The van der Waals surface area contributed by atoms with Gasteiger partial charge in [-0.05, 0) is 74.0 Å². The van der Waals surface area contributed by atoms with E-state index in [1.807, 2.05) is 44.0 Å². The van der Waals surface area contributed by atoms with Crippen LogP contribution in [0, 0.1) is 0 Å². The summed E-state index contributed by atoms with van der Waals surface area (Å²) in [5, 5.41) is 11.6. The van der Waals surface area contributed by atoms with Crippen LogP contribution in [0.2, 0.25) is 0 Å². The molecule has 8 nitrogen and oxygen atoms in total. The van der Waals surface area contributed by atoms with Crippen LogP contribution < -0.4 is 24.0 Å². The van der Waals surface area contributed by atoms with Crippen LogP contribution in [0.15, 0.2) is 72.3 Å². The van der Waals surface area contributed by atoms with Gasteiger partial charge in [0, 0.05) is 18.3 Å². The molecule has 5 rings (SSSR count). The predicted octanol–water partition coefficient (Wildman–Crippen LogP) is 4.94. The number of aliphatic hydroxyl groups excluding tert-OH is 1. The summed E-state index contributed by atoms with van der Waals surface area (Å²) in [6.45, 7) is 5.11. The van der Waals surface area contributed by atoms with Crippen LogP contribution in [0.5, 0.6) is 17.2 Å². The number of rotatable bonds is 6. The zero-order valence-electron chi connectivity index (χ0n) is 21.8. The molecule has 1 saturated heterocycles. The Balaban J connectivity index is 1.68. The van der Waals surface area contributed by atoms with Gasteiger partial charge in [-0.2, -0.15) is 0 Å². The summed E-state index contributed by atoms with van der Waals surface area (Å²) in [6, 6.07) is 18.5. The lowest BCUT2D eigenvalue weighted by Crippen LogP contribution is -2.29. The quantitative estimate of drug-likeness (QED) is 0.283. The molecule has 0 aliphatic carbocycles. The molecule has 1 unspecified atom stereocenters. The number of aliphatic hydroxyl groups is 1. The highest BCUT2D eigenvalue weighted by Gasteiger charge is 2.47. The third kappa shape index (κ3) is 4.53. The number of anilines is 2. The molecule has 3 aromatic carbocycles. The molecule has 0 radical (unpaired) electrons. The van der Waals surface area contributed by atoms with Gasteiger partial charge in [0.15, 0.2) is 0 Å². The molecule has 2 heterocycles. The number of methoxy groups -OCH3 is 1. The van der Waals surface area contributed by atoms with Crippen LogP contribution in [0.4, 0.5) is 11.4 Å². The van der Waals surface area contributed by atoms with Crippen LogP contribution in [-0.4, -0.2) is 50.2 Å². The first kappa shape index (κ1) is 25.2. The van der Waals surface area contributed by atoms with E-state index in [0.717, 1.165) is 5.69 Å². The topological polar surface area (TPSA) is 88.5 Å². The first-order valence-corrected chi connectivity index (χ1v) is 12.5. The molecule has 1 fully saturated rings. The maximum Gasteiger partial charge on any atom is 0.300 e. The van der Waals surface area contributed by atoms with E-state index in [4.69, 9.17) is 14.2 Å². The number of benzene rings is 3. The molecule has 0 aromatic heterocycles. The normalized spacial score (nSPS) is 18.4. The van der Waals surface area contributed by atoms with Crippen LogP contribution >= 0.6 is 0 Å². The van der Waals surface area contributed by atoms with E-state index >= 15 is 0 Å². The number of hydrogen-bond donors (Lipinski definition) is 1. The monoisotopic (exact) mass is 514 g/mol. The van der Waals surface area contributed by atoms with Gasteiger partial charge >= 0.3 is 0 Å². The smallest absolute Gasteiger partial charge is 0.300 e. The summed E-state index contributed by atoms with van der Waals surface area (Å²) in [7, 11) is 3.50. The third-order valence-corrected chi connectivity index (χ3v) is 6.67. The molecule has 3 aromatic rings. The molecule has 1 N–H and O–H groups in total. The maximum atomic E-state index is 13.5. The van der Waals surface area contributed by atoms with Gasteiger partial charge in [-0.1, -0.05) is 12.1 Å². The molecule has 8 heteroatoms. The van der Waals surface area contributed by atoms with E-state index < -0.39 is 17.7 Å². The second-order valence-corrected chi connectivity index (χ2v) is 9.56. The minimum absolute atomic E-state index is 0.00634. The van der Waals surface area contributed by atoms with E-state index in [1.54, 1.807) is 55.6 Å². The molecule has 2 aliphatic heterocycles. The summed E-state index contributed by atoms with van der Waals surface area (Å²) in [5.74, 6) is 0.182. The molecule has 2 aliphatic rings. The van der Waals surface area contributed by atoms with Gasteiger partial charge in [0.25, 0.3) is 11.7 Å². The van der Waals surface area contributed by atoms with Crippen LogP contribution in [0.3, 0.4) is 0 Å². The van der Waals surface area contributed by atoms with Crippen molar-refractivity contribution in [2.45, 2.75) is 26.0 Å². The van der Waals surface area contributed by atoms with Gasteiger partial charge in [-0.15, -0.1) is 0 Å². The van der Waals surface area contributed by atoms with Gasteiger partial charge in [0.05, 0.1) is 37.1 Å². The first-order chi connectivity index (χ1) is 18.3. The number of likely N-dealkylation sites (N-methyl/N-ethyl adjacent to an activating group) is 1. The number of ketones is 1. The van der Waals surface area contributed by atoms with Gasteiger partial charge in [0.1, 0.15) is 29.6 Å². The highest BCUT2D eigenvalue weighted by atomic mass is 16.5. The number of ether oxygens (including phenoxy) is 3. The first-order valence-electron chi connectivity index (χ1n) is 12.5. The van der Waals surface area contributed by atoms with Gasteiger partial charge in [-0.3, -0.25) is 14.5 Å². The SMILES string of the molecule is COc1ccc(N2C(=O)C(=O)/C(=C(\O)c3ccc4c(c3)N(C)CCO4)C2c2cccc(OC(C)C)c2)cc1. The highest BCUT2D eigenvalue weighted by Crippen LogP contribution is 2.44. The number of Topliss-reactive ketones (excluding diaryl/α,β-unsaturated/α-hetero) is 1. The lowest BCUT2D eigenvalue weighted by Gasteiger charge is -2.28. The number of carbonyl (C=O) groups is 2. The number of carbonyl (C=O) groups excluding carboxylic acids is 2. The lowest BCUT2D eigenvalue weighted by molar-refractivity contribution is -0.132. The van der Waals surface area contributed by atoms with E-state index in [9.17, 15) is 14.7 Å². The average Bonchev–Trinajstić information content (AvgIpc) is 3.18. The van der Waals surface area contributed by atoms with Crippen molar-refractivity contribution in [2.75, 3.05) is 37.1 Å². The van der Waals surface area contributed by atoms with Gasteiger partial charge in [-0.25, -0.2) is 0 Å². The number of amides is 1. The summed E-state index contributed by atoms with van der Waals surface area (Å²) in [4.78, 5) is 30.4. The Morgan fingerprint density at radius 1 is 1.03 bits per heavy atom. The number of fused-ring (bicyclic) bond motifs is 1. The highest BCUT2D eigenvalue weighted by molar-refractivity contribution is 6.51. The summed E-state index contributed by atoms with van der Waals surface area (Å²) >= 11 is 0. The minimum Gasteiger partial charge on any atom is -0.507 e. The van der Waals surface area contributed by atoms with Crippen molar-refractivity contribution in [1.82, 2.24) is 0 Å². The fraction of sp³-hybridized carbons (Fsp3) is 0.267. The van der Waals surface area contributed by atoms with Crippen molar-refractivity contribution in [3.63, 3.8) is 0 Å². The number of nitrogens with zero attached hydrogens (tertiary/aromatic N) is 2. The van der Waals surface area contributed by atoms with E-state index in [0.29, 0.717) is 47.2 Å². The van der Waals surface area contributed by atoms with Gasteiger partial charge < -0.3 is 24.2 Å². The Morgan fingerprint density at radius 2 is 1.79 bits per heavy atom.